The van der Waals surface area contributed by atoms with E-state index in [1.54, 1.807) is 0 Å². The number of hydrogen-bond acceptors (Lipinski definition) is 3. The van der Waals surface area contributed by atoms with Crippen LogP contribution in [0.4, 0.5) is 0 Å². The Balaban J connectivity index is 2.33. The molecule has 2 aliphatic rings. The van der Waals surface area contributed by atoms with E-state index in [0.29, 0.717) is 0 Å². The van der Waals surface area contributed by atoms with Gasteiger partial charge in [-0.1, -0.05) is 0 Å². The molecule has 0 fully saturated rings. The molecule has 0 aliphatic carbocycles. The second-order valence-corrected chi connectivity index (χ2v) is 2.72. The Bertz CT molecular complexity index is 263. The van der Waals surface area contributed by atoms with Crippen LogP contribution >= 0.6 is 0 Å². The number of hydrogen-bond donors (Lipinski definition) is 1. The van der Waals surface area contributed by atoms with Gasteiger partial charge in [0.05, 0.1) is 6.04 Å². The van der Waals surface area contributed by atoms with Crippen molar-refractivity contribution < 1.29 is 0 Å². The van der Waals surface area contributed by atoms with Crippen LogP contribution in [-0.4, -0.2) is 11.2 Å². The van der Waals surface area contributed by atoms with E-state index in [9.17, 15) is 0 Å². The van der Waals surface area contributed by atoms with Crippen molar-refractivity contribution in [1.82, 2.24) is 10.4 Å². The van der Waals surface area contributed by atoms with Crippen LogP contribution in [0.2, 0.25) is 0 Å². The van der Waals surface area contributed by atoms with E-state index in [1.807, 2.05) is 37.2 Å². The average molecular weight is 148 g/mol. The van der Waals surface area contributed by atoms with E-state index in [4.69, 9.17) is 0 Å². The lowest BCUT2D eigenvalue weighted by atomic mass is 10.3. The molecule has 0 aromatic heterocycles. The zero-order valence-corrected chi connectivity index (χ0v) is 6.63. The summed E-state index contributed by atoms with van der Waals surface area (Å²) in [5.74, 6) is 0.975. The van der Waals surface area contributed by atoms with Crippen molar-refractivity contribution >= 4 is 6.21 Å². The Morgan fingerprint density at radius 3 is 3.00 bits per heavy atom. The SMILES string of the molecule is C[C]1C=C2N=CC=C(C)N2N1. The van der Waals surface area contributed by atoms with Crippen LogP contribution in [-0.2, 0) is 0 Å². The topological polar surface area (TPSA) is 27.6 Å². The lowest BCUT2D eigenvalue weighted by molar-refractivity contribution is 0.352. The molecule has 0 amide bonds. The molecular formula is C8H10N3. The first-order valence-corrected chi connectivity index (χ1v) is 3.60. The lowest BCUT2D eigenvalue weighted by Gasteiger charge is -2.22. The Labute approximate surface area is 66.1 Å². The second-order valence-electron chi connectivity index (χ2n) is 2.72. The van der Waals surface area contributed by atoms with Gasteiger partial charge >= 0.3 is 0 Å². The maximum absolute atomic E-state index is 4.19. The number of rotatable bonds is 0. The number of nitrogens with zero attached hydrogens (tertiary/aromatic N) is 2. The molecule has 3 nitrogen and oxygen atoms in total. The molecule has 57 valence electrons. The predicted octanol–water partition coefficient (Wildman–Crippen LogP) is 1.19. The summed E-state index contributed by atoms with van der Waals surface area (Å²) in [6.45, 7) is 4.07. The summed E-state index contributed by atoms with van der Waals surface area (Å²) >= 11 is 0. The van der Waals surface area contributed by atoms with Crippen molar-refractivity contribution in [3.8, 4) is 0 Å². The van der Waals surface area contributed by atoms with Crippen molar-refractivity contribution in [3.63, 3.8) is 0 Å². The number of allylic oxidation sites excluding steroid dienone is 2. The van der Waals surface area contributed by atoms with E-state index in [1.165, 1.54) is 5.70 Å². The molecule has 0 saturated carbocycles. The van der Waals surface area contributed by atoms with Crippen LogP contribution in [0.15, 0.2) is 28.7 Å². The van der Waals surface area contributed by atoms with Gasteiger partial charge in [0.1, 0.15) is 5.82 Å². The largest absolute Gasteiger partial charge is 0.263 e. The van der Waals surface area contributed by atoms with Crippen molar-refractivity contribution in [2.45, 2.75) is 13.8 Å². The van der Waals surface area contributed by atoms with Crippen LogP contribution in [0.25, 0.3) is 0 Å². The zero-order chi connectivity index (χ0) is 7.84. The molecule has 0 aromatic rings. The molecule has 1 N–H and O–H groups in total. The third-order valence-corrected chi connectivity index (χ3v) is 1.74. The molecule has 1 radical (unpaired) electrons. The fourth-order valence-corrected chi connectivity index (χ4v) is 1.18. The maximum atomic E-state index is 4.19. The highest BCUT2D eigenvalue weighted by Crippen LogP contribution is 2.23. The van der Waals surface area contributed by atoms with Gasteiger partial charge in [-0.2, -0.15) is 0 Å². The summed E-state index contributed by atoms with van der Waals surface area (Å²) in [5, 5.41) is 1.97. The molecule has 0 atom stereocenters. The summed E-state index contributed by atoms with van der Waals surface area (Å²) in [7, 11) is 0. The third kappa shape index (κ3) is 0.973. The first-order valence-electron chi connectivity index (χ1n) is 3.60. The molecule has 0 saturated heterocycles. The fraction of sp³-hybridized carbons (Fsp3) is 0.250. The third-order valence-electron chi connectivity index (χ3n) is 1.74. The van der Waals surface area contributed by atoms with Gasteiger partial charge in [-0.3, -0.25) is 5.01 Å². The first-order chi connectivity index (χ1) is 5.27. The van der Waals surface area contributed by atoms with Gasteiger partial charge in [0.2, 0.25) is 0 Å². The molecule has 2 aliphatic heterocycles. The number of aliphatic imine (C=N–C) groups is 1. The maximum Gasteiger partial charge on any atom is 0.145 e. The van der Waals surface area contributed by atoms with Gasteiger partial charge in [-0.25, -0.2) is 10.4 Å². The molecule has 3 heteroatoms. The minimum atomic E-state index is 0.975. The molecule has 0 spiro atoms. The minimum Gasteiger partial charge on any atom is -0.263 e. The summed E-state index contributed by atoms with van der Waals surface area (Å²) in [5.41, 5.74) is 4.35. The van der Waals surface area contributed by atoms with E-state index in [-0.39, 0.29) is 0 Å². The second kappa shape index (κ2) is 2.20. The van der Waals surface area contributed by atoms with E-state index in [2.05, 4.69) is 10.4 Å². The van der Waals surface area contributed by atoms with E-state index < -0.39 is 0 Å². The van der Waals surface area contributed by atoms with Crippen LogP contribution in [0.5, 0.6) is 0 Å². The van der Waals surface area contributed by atoms with E-state index >= 15 is 0 Å². The van der Waals surface area contributed by atoms with Crippen molar-refractivity contribution in [3.05, 3.63) is 29.7 Å². The quantitative estimate of drug-likeness (QED) is 0.558. The number of fused-ring (bicyclic) bond motifs is 1. The van der Waals surface area contributed by atoms with Gasteiger partial charge in [0.15, 0.2) is 0 Å². The van der Waals surface area contributed by atoms with Crippen LogP contribution < -0.4 is 5.43 Å². The highest BCUT2D eigenvalue weighted by molar-refractivity contribution is 5.74. The van der Waals surface area contributed by atoms with Gasteiger partial charge in [0, 0.05) is 11.9 Å². The van der Waals surface area contributed by atoms with Crippen molar-refractivity contribution in [1.29, 1.82) is 0 Å². The Kier molecular flexibility index (Phi) is 1.32. The summed E-state index contributed by atoms with van der Waals surface area (Å²) < 4.78 is 0. The molecular weight excluding hydrogens is 138 g/mol. The van der Waals surface area contributed by atoms with E-state index in [0.717, 1.165) is 11.9 Å². The molecule has 11 heavy (non-hydrogen) atoms. The van der Waals surface area contributed by atoms with Gasteiger partial charge < -0.3 is 0 Å². The number of nitrogens with one attached hydrogen (secondary N) is 1. The van der Waals surface area contributed by atoms with Crippen LogP contribution in [0.1, 0.15) is 13.8 Å². The molecule has 0 bridgehead atoms. The zero-order valence-electron chi connectivity index (χ0n) is 6.63. The van der Waals surface area contributed by atoms with Crippen molar-refractivity contribution in [2.24, 2.45) is 4.99 Å². The van der Waals surface area contributed by atoms with Gasteiger partial charge in [0.25, 0.3) is 0 Å². The minimum absolute atomic E-state index is 0.975. The molecule has 0 unspecified atom stereocenters. The molecule has 0 aromatic carbocycles. The Hall–Kier alpha value is -1.09. The Morgan fingerprint density at radius 1 is 1.45 bits per heavy atom. The van der Waals surface area contributed by atoms with Crippen molar-refractivity contribution in [2.75, 3.05) is 0 Å². The van der Waals surface area contributed by atoms with Gasteiger partial charge in [-0.15, -0.1) is 0 Å². The summed E-state index contributed by atoms with van der Waals surface area (Å²) in [4.78, 5) is 4.19. The number of hydrazine groups is 1. The highest BCUT2D eigenvalue weighted by atomic mass is 15.6. The lowest BCUT2D eigenvalue weighted by Crippen LogP contribution is -2.31. The summed E-state index contributed by atoms with van der Waals surface area (Å²) in [6.07, 6.45) is 5.81. The Morgan fingerprint density at radius 2 is 2.27 bits per heavy atom. The normalized spacial score (nSPS) is 23.3. The average Bonchev–Trinajstić information content (AvgIpc) is 2.31. The van der Waals surface area contributed by atoms with Crippen LogP contribution in [0.3, 0.4) is 0 Å². The van der Waals surface area contributed by atoms with Gasteiger partial charge in [-0.05, 0) is 26.0 Å². The highest BCUT2D eigenvalue weighted by Gasteiger charge is 2.21. The molecule has 2 heterocycles. The predicted molar refractivity (Wildman–Crippen MR) is 44.2 cm³/mol. The smallest absolute Gasteiger partial charge is 0.145 e. The monoisotopic (exact) mass is 148 g/mol. The summed E-state index contributed by atoms with van der Waals surface area (Å²) in [6, 6.07) is 1.13. The fourth-order valence-electron chi connectivity index (χ4n) is 1.18. The molecule has 2 rings (SSSR count). The van der Waals surface area contributed by atoms with Crippen LogP contribution in [0, 0.1) is 6.04 Å². The first kappa shape index (κ1) is 6.61. The standard InChI is InChI=1S/C8H10N3/c1-6-5-8-9-4-3-7(2)11(8)10-6/h3-5,10H,1-2H3.